The van der Waals surface area contributed by atoms with Gasteiger partial charge in [0, 0.05) is 23.4 Å². The molecule has 3 rings (SSSR count). The maximum Gasteiger partial charge on any atom is 0.359 e. The van der Waals surface area contributed by atoms with Crippen molar-refractivity contribution in [3.63, 3.8) is 0 Å². The molecule has 1 heterocycles. The zero-order valence-electron chi connectivity index (χ0n) is 15.6. The number of rotatable bonds is 4. The molecule has 1 N–H and O–H groups in total. The topological polar surface area (TPSA) is 94.2 Å². The zero-order chi connectivity index (χ0) is 21.3. The molecule has 0 aliphatic heterocycles. The van der Waals surface area contributed by atoms with Gasteiger partial charge in [-0.3, -0.25) is 9.59 Å². The fourth-order valence-corrected chi connectivity index (χ4v) is 3.48. The summed E-state index contributed by atoms with van der Waals surface area (Å²) in [6.07, 6.45) is 0.759. The van der Waals surface area contributed by atoms with Gasteiger partial charge in [0.2, 0.25) is 5.91 Å². The third kappa shape index (κ3) is 4.32. The largest absolute Gasteiger partial charge is 0.389 e. The van der Waals surface area contributed by atoms with Gasteiger partial charge in [-0.1, -0.05) is 47.5 Å². The first-order chi connectivity index (χ1) is 13.7. The van der Waals surface area contributed by atoms with Gasteiger partial charge in [0.25, 0.3) is 5.56 Å². The Hall–Kier alpha value is -2.74. The second kappa shape index (κ2) is 8.32. The number of hydrogen-bond acceptors (Lipinski definition) is 5. The van der Waals surface area contributed by atoms with Crippen LogP contribution in [-0.2, 0) is 6.42 Å². The van der Waals surface area contributed by atoms with E-state index >= 15 is 0 Å². The highest BCUT2D eigenvalue weighted by Gasteiger charge is 2.15. The van der Waals surface area contributed by atoms with E-state index in [2.05, 4.69) is 5.10 Å². The molecule has 0 fully saturated rings. The van der Waals surface area contributed by atoms with Crippen LogP contribution in [-0.4, -0.2) is 25.4 Å². The Kier molecular flexibility index (Phi) is 6.02. The molecule has 1 atom stereocenters. The molecule has 0 bridgehead atoms. The molecule has 1 aromatic heterocycles. The maximum absolute atomic E-state index is 12.5. The van der Waals surface area contributed by atoms with E-state index in [0.717, 1.165) is 28.9 Å². The van der Waals surface area contributed by atoms with Crippen LogP contribution < -0.4 is 11.2 Å². The highest BCUT2D eigenvalue weighted by Crippen LogP contribution is 2.30. The van der Waals surface area contributed by atoms with Crippen LogP contribution in [0.2, 0.25) is 10.0 Å². The quantitative estimate of drug-likeness (QED) is 0.682. The normalized spacial score (nSPS) is 12.0. The van der Waals surface area contributed by atoms with Gasteiger partial charge in [0.15, 0.2) is 0 Å². The summed E-state index contributed by atoms with van der Waals surface area (Å²) >= 11 is 12.8. The monoisotopic (exact) mass is 433 g/mol. The number of benzene rings is 2. The van der Waals surface area contributed by atoms with Crippen molar-refractivity contribution in [2.75, 3.05) is 0 Å². The molecule has 0 spiro atoms. The molecule has 0 aliphatic rings. The van der Waals surface area contributed by atoms with Gasteiger partial charge >= 0.3 is 5.69 Å². The van der Waals surface area contributed by atoms with Crippen molar-refractivity contribution in [2.45, 2.75) is 26.4 Å². The number of halogens is 2. The molecular weight excluding hydrogens is 417 g/mol. The highest BCUT2D eigenvalue weighted by atomic mass is 35.5. The van der Waals surface area contributed by atoms with Gasteiger partial charge in [-0.2, -0.15) is 14.3 Å². The van der Waals surface area contributed by atoms with E-state index in [4.69, 9.17) is 23.2 Å². The van der Waals surface area contributed by atoms with Crippen LogP contribution in [0.1, 0.15) is 41.4 Å². The summed E-state index contributed by atoms with van der Waals surface area (Å²) in [5.41, 5.74) is 0.897. The average Bonchev–Trinajstić information content (AvgIpc) is 2.64. The second-order valence-corrected chi connectivity index (χ2v) is 7.33. The Morgan fingerprint density at radius 2 is 1.72 bits per heavy atom. The second-order valence-electron chi connectivity index (χ2n) is 6.51. The van der Waals surface area contributed by atoms with Crippen LogP contribution >= 0.6 is 23.2 Å². The van der Waals surface area contributed by atoms with Gasteiger partial charge in [-0.25, -0.2) is 4.79 Å². The predicted molar refractivity (Wildman–Crippen MR) is 110 cm³/mol. The first kappa shape index (κ1) is 21.0. The fourth-order valence-electron chi connectivity index (χ4n) is 2.87. The minimum atomic E-state index is -0.904. The molecule has 0 saturated carbocycles. The summed E-state index contributed by atoms with van der Waals surface area (Å²) in [6, 6.07) is 10.4. The maximum atomic E-state index is 12.5. The summed E-state index contributed by atoms with van der Waals surface area (Å²) in [6.45, 7) is 2.80. The number of hydrogen-bond donors (Lipinski definition) is 1. The van der Waals surface area contributed by atoms with E-state index in [1.165, 1.54) is 12.1 Å². The minimum Gasteiger partial charge on any atom is -0.389 e. The molecule has 150 valence electrons. The van der Waals surface area contributed by atoms with E-state index in [1.807, 2.05) is 24.3 Å². The molecule has 0 saturated heterocycles. The van der Waals surface area contributed by atoms with Crippen molar-refractivity contribution in [1.29, 1.82) is 0 Å². The van der Waals surface area contributed by atoms with E-state index in [0.29, 0.717) is 26.6 Å². The summed E-state index contributed by atoms with van der Waals surface area (Å²) < 4.78 is 1.37. The predicted octanol–water partition coefficient (Wildman–Crippen LogP) is 3.01. The number of carbonyl (C=O) groups is 1. The van der Waals surface area contributed by atoms with Crippen molar-refractivity contribution >= 4 is 29.1 Å². The van der Waals surface area contributed by atoms with E-state index in [9.17, 15) is 19.5 Å². The molecule has 3 aromatic rings. The standard InChI is InChI=1S/C20H17Cl2N3O4/c1-11(26)14-5-3-13(4-6-14)7-16-17(21)8-15(9-18(16)22)25-20(29)24(12(2)27)19(28)10-23-25/h3-6,8-11,26H,7H2,1-2H3. The summed E-state index contributed by atoms with van der Waals surface area (Å²) in [7, 11) is 0. The molecule has 29 heavy (non-hydrogen) atoms. The average molecular weight is 434 g/mol. The SMILES string of the molecule is CC(=O)n1c(=O)cnn(-c2cc(Cl)c(Cc3ccc(C(C)O)cc3)c(Cl)c2)c1=O. The molecule has 0 aliphatic carbocycles. The number of aliphatic hydroxyl groups excluding tert-OH is 1. The Morgan fingerprint density at radius 1 is 1.14 bits per heavy atom. The van der Waals surface area contributed by atoms with Gasteiger partial charge < -0.3 is 5.11 Å². The van der Waals surface area contributed by atoms with Gasteiger partial charge in [0.1, 0.15) is 6.20 Å². The molecule has 0 amide bonds. The number of nitrogens with zero attached hydrogens (tertiary/aromatic N) is 3. The van der Waals surface area contributed by atoms with Crippen LogP contribution in [0.25, 0.3) is 5.69 Å². The zero-order valence-corrected chi connectivity index (χ0v) is 17.1. The number of aromatic nitrogens is 3. The van der Waals surface area contributed by atoms with Gasteiger partial charge in [-0.05, 0) is 35.7 Å². The third-order valence-electron chi connectivity index (χ3n) is 4.40. The highest BCUT2D eigenvalue weighted by molar-refractivity contribution is 6.36. The molecule has 0 radical (unpaired) electrons. The van der Waals surface area contributed by atoms with Crippen LogP contribution in [0, 0.1) is 0 Å². The van der Waals surface area contributed by atoms with Gasteiger partial charge in [0.05, 0.1) is 11.8 Å². The lowest BCUT2D eigenvalue weighted by Crippen LogP contribution is -2.42. The van der Waals surface area contributed by atoms with Crippen molar-refractivity contribution in [1.82, 2.24) is 14.3 Å². The lowest BCUT2D eigenvalue weighted by molar-refractivity contribution is 0.0924. The minimum absolute atomic E-state index is 0.230. The Bertz CT molecular complexity index is 1170. The molecular formula is C20H17Cl2N3O4. The smallest absolute Gasteiger partial charge is 0.359 e. The lowest BCUT2D eigenvalue weighted by Gasteiger charge is -2.12. The van der Waals surface area contributed by atoms with Crippen LogP contribution in [0.3, 0.4) is 0 Å². The van der Waals surface area contributed by atoms with Crippen LogP contribution in [0.4, 0.5) is 0 Å². The van der Waals surface area contributed by atoms with E-state index < -0.39 is 23.3 Å². The Morgan fingerprint density at radius 3 is 2.24 bits per heavy atom. The van der Waals surface area contributed by atoms with Crippen molar-refractivity contribution < 1.29 is 9.90 Å². The van der Waals surface area contributed by atoms with Crippen LogP contribution in [0.15, 0.2) is 52.2 Å². The first-order valence-corrected chi connectivity index (χ1v) is 9.42. The van der Waals surface area contributed by atoms with Gasteiger partial charge in [-0.15, -0.1) is 0 Å². The molecule has 9 heteroatoms. The van der Waals surface area contributed by atoms with Crippen LogP contribution in [0.5, 0.6) is 0 Å². The Balaban J connectivity index is 2.00. The summed E-state index contributed by atoms with van der Waals surface area (Å²) in [5.74, 6) is -0.717. The first-order valence-electron chi connectivity index (χ1n) is 8.66. The third-order valence-corrected chi connectivity index (χ3v) is 5.08. The molecule has 2 aromatic carbocycles. The lowest BCUT2D eigenvalue weighted by atomic mass is 10.0. The molecule has 7 nitrogen and oxygen atoms in total. The van der Waals surface area contributed by atoms with Crippen molar-refractivity contribution in [3.8, 4) is 5.69 Å². The summed E-state index contributed by atoms with van der Waals surface area (Å²) in [4.78, 5) is 35.8. The number of aliphatic hydroxyl groups is 1. The fraction of sp³-hybridized carbons (Fsp3) is 0.200. The summed E-state index contributed by atoms with van der Waals surface area (Å²) in [5, 5.41) is 14.0. The van der Waals surface area contributed by atoms with Crippen molar-refractivity contribution in [2.24, 2.45) is 0 Å². The number of carbonyl (C=O) groups excluding carboxylic acids is 1. The van der Waals surface area contributed by atoms with E-state index in [-0.39, 0.29) is 5.69 Å². The van der Waals surface area contributed by atoms with Crippen molar-refractivity contribution in [3.05, 3.63) is 90.2 Å². The molecule has 1 unspecified atom stereocenters. The van der Waals surface area contributed by atoms with E-state index in [1.54, 1.807) is 6.92 Å². The Labute approximate surface area is 175 Å².